The molecule has 0 atom stereocenters. The van der Waals surface area contributed by atoms with Gasteiger partial charge in [0.2, 0.25) is 0 Å². The predicted molar refractivity (Wildman–Crippen MR) is 119 cm³/mol. The fourth-order valence-corrected chi connectivity index (χ4v) is 2.96. The number of carbonyl (C=O) groups excluding carboxylic acids is 1. The van der Waals surface area contributed by atoms with Crippen molar-refractivity contribution in [3.8, 4) is 0 Å². The van der Waals surface area contributed by atoms with Crippen molar-refractivity contribution >= 4 is 41.7 Å². The third-order valence-electron chi connectivity index (χ3n) is 4.62. The van der Waals surface area contributed by atoms with E-state index < -0.39 is 6.09 Å². The summed E-state index contributed by atoms with van der Waals surface area (Å²) in [5.74, 6) is 1.63. The highest BCUT2D eigenvalue weighted by atomic mass is 127. The van der Waals surface area contributed by atoms with E-state index >= 15 is 0 Å². The fourth-order valence-electron chi connectivity index (χ4n) is 2.96. The molecule has 1 aliphatic heterocycles. The summed E-state index contributed by atoms with van der Waals surface area (Å²) in [5, 5.41) is 6.02. The first kappa shape index (κ1) is 23.5. The molecule has 152 valence electrons. The molecule has 0 unspecified atom stereocenters. The van der Waals surface area contributed by atoms with Gasteiger partial charge in [-0.3, -0.25) is 10.3 Å². The van der Waals surface area contributed by atoms with Crippen molar-refractivity contribution in [1.29, 1.82) is 0 Å². The molecule has 8 heteroatoms. The van der Waals surface area contributed by atoms with Crippen molar-refractivity contribution in [3.63, 3.8) is 0 Å². The number of carbonyl (C=O) groups is 1. The van der Waals surface area contributed by atoms with Gasteiger partial charge in [-0.2, -0.15) is 0 Å². The minimum Gasteiger partial charge on any atom is -0.453 e. The number of hydrogen-bond donors (Lipinski definition) is 2. The molecule has 0 saturated carbocycles. The van der Waals surface area contributed by atoms with E-state index in [0.717, 1.165) is 56.5 Å². The van der Waals surface area contributed by atoms with Gasteiger partial charge < -0.3 is 19.7 Å². The third-order valence-corrected chi connectivity index (χ3v) is 4.62. The molecule has 1 amide bonds. The summed E-state index contributed by atoms with van der Waals surface area (Å²) < 4.78 is 10.00. The fraction of sp³-hybridized carbons (Fsp3) is 0.579. The quantitative estimate of drug-likeness (QED) is 0.364. The van der Waals surface area contributed by atoms with E-state index in [0.29, 0.717) is 12.2 Å². The van der Waals surface area contributed by atoms with Gasteiger partial charge in [0.15, 0.2) is 5.96 Å². The summed E-state index contributed by atoms with van der Waals surface area (Å²) in [6.45, 7) is 3.43. The largest absolute Gasteiger partial charge is 0.453 e. The Morgan fingerprint density at radius 3 is 2.56 bits per heavy atom. The molecule has 0 aliphatic carbocycles. The second-order valence-corrected chi connectivity index (χ2v) is 6.48. The standard InChI is InChI=1S/C19H30N4O3.HI/c1-20-18(23(2)11-8-15-9-12-26-13-10-15)21-14-16-4-6-17(7-5-16)22-19(24)25-3;/h4-7,15H,8-14H2,1-3H3,(H,20,21)(H,22,24);1H. The summed E-state index contributed by atoms with van der Waals surface area (Å²) in [6, 6.07) is 7.64. The van der Waals surface area contributed by atoms with Crippen LogP contribution in [0.3, 0.4) is 0 Å². The molecule has 1 saturated heterocycles. The number of aliphatic imine (C=N–C) groups is 1. The number of hydrogen-bond acceptors (Lipinski definition) is 4. The Morgan fingerprint density at radius 1 is 1.30 bits per heavy atom. The first-order chi connectivity index (χ1) is 12.6. The van der Waals surface area contributed by atoms with Gasteiger partial charge in [0.05, 0.1) is 7.11 Å². The van der Waals surface area contributed by atoms with Crippen LogP contribution in [0.5, 0.6) is 0 Å². The van der Waals surface area contributed by atoms with Gasteiger partial charge in [0.1, 0.15) is 0 Å². The van der Waals surface area contributed by atoms with Crippen LogP contribution in [0.4, 0.5) is 10.5 Å². The number of halogens is 1. The second-order valence-electron chi connectivity index (χ2n) is 6.48. The molecule has 27 heavy (non-hydrogen) atoms. The first-order valence-electron chi connectivity index (χ1n) is 9.05. The molecule has 1 heterocycles. The summed E-state index contributed by atoms with van der Waals surface area (Å²) in [6.07, 6.45) is 3.01. The van der Waals surface area contributed by atoms with Crippen molar-refractivity contribution in [2.24, 2.45) is 10.9 Å². The van der Waals surface area contributed by atoms with E-state index in [1.165, 1.54) is 7.11 Å². The van der Waals surface area contributed by atoms with Gasteiger partial charge in [0.25, 0.3) is 0 Å². The van der Waals surface area contributed by atoms with Crippen molar-refractivity contribution in [1.82, 2.24) is 10.2 Å². The van der Waals surface area contributed by atoms with Gasteiger partial charge >= 0.3 is 6.09 Å². The van der Waals surface area contributed by atoms with E-state index in [1.807, 2.05) is 24.3 Å². The average molecular weight is 490 g/mol. The molecular formula is C19H31IN4O3. The molecule has 1 aromatic carbocycles. The highest BCUT2D eigenvalue weighted by Crippen LogP contribution is 2.18. The van der Waals surface area contributed by atoms with Crippen LogP contribution in [-0.4, -0.2) is 57.9 Å². The minimum absolute atomic E-state index is 0. The van der Waals surface area contributed by atoms with Crippen molar-refractivity contribution in [3.05, 3.63) is 29.8 Å². The van der Waals surface area contributed by atoms with Gasteiger partial charge in [-0.1, -0.05) is 12.1 Å². The zero-order valence-corrected chi connectivity index (χ0v) is 18.7. The number of amides is 1. The van der Waals surface area contributed by atoms with Crippen LogP contribution < -0.4 is 10.6 Å². The molecule has 0 aromatic heterocycles. The van der Waals surface area contributed by atoms with Crippen molar-refractivity contribution < 1.29 is 14.3 Å². The number of methoxy groups -OCH3 is 1. The Bertz CT molecular complexity index is 589. The molecule has 2 rings (SSSR count). The minimum atomic E-state index is -0.470. The molecular weight excluding hydrogens is 459 g/mol. The number of nitrogens with zero attached hydrogens (tertiary/aromatic N) is 2. The Balaban J connectivity index is 0.00000364. The zero-order chi connectivity index (χ0) is 18.8. The van der Waals surface area contributed by atoms with E-state index in [2.05, 4.69) is 32.3 Å². The smallest absolute Gasteiger partial charge is 0.411 e. The van der Waals surface area contributed by atoms with Crippen LogP contribution >= 0.6 is 24.0 Å². The Kier molecular flexibility index (Phi) is 11.1. The normalized spacial score (nSPS) is 14.9. The van der Waals surface area contributed by atoms with Crippen molar-refractivity contribution in [2.45, 2.75) is 25.8 Å². The van der Waals surface area contributed by atoms with E-state index in [4.69, 9.17) is 4.74 Å². The topological polar surface area (TPSA) is 75.2 Å². The summed E-state index contributed by atoms with van der Waals surface area (Å²) in [7, 11) is 5.21. The second kappa shape index (κ2) is 12.8. The lowest BCUT2D eigenvalue weighted by Gasteiger charge is -2.26. The van der Waals surface area contributed by atoms with Crippen LogP contribution in [0.25, 0.3) is 0 Å². The molecule has 0 radical (unpaired) electrons. The van der Waals surface area contributed by atoms with Gasteiger partial charge in [0, 0.05) is 46.1 Å². The van der Waals surface area contributed by atoms with Crippen LogP contribution in [-0.2, 0) is 16.0 Å². The Hall–Kier alpha value is -1.55. The highest BCUT2D eigenvalue weighted by molar-refractivity contribution is 14.0. The molecule has 0 spiro atoms. The van der Waals surface area contributed by atoms with E-state index in [-0.39, 0.29) is 24.0 Å². The molecule has 1 fully saturated rings. The SMILES string of the molecule is CN=C(NCc1ccc(NC(=O)OC)cc1)N(C)CCC1CCOCC1.I. The molecule has 1 aliphatic rings. The molecule has 0 bridgehead atoms. The van der Waals surface area contributed by atoms with Crippen LogP contribution in [0.15, 0.2) is 29.3 Å². The Morgan fingerprint density at radius 2 is 1.96 bits per heavy atom. The lowest BCUT2D eigenvalue weighted by molar-refractivity contribution is 0.0625. The third kappa shape index (κ3) is 8.34. The molecule has 2 N–H and O–H groups in total. The predicted octanol–water partition coefficient (Wildman–Crippen LogP) is 3.31. The number of nitrogens with one attached hydrogen (secondary N) is 2. The number of anilines is 1. The lowest BCUT2D eigenvalue weighted by atomic mass is 9.96. The maximum Gasteiger partial charge on any atom is 0.411 e. The molecule has 7 nitrogen and oxygen atoms in total. The van der Waals surface area contributed by atoms with Gasteiger partial charge in [-0.25, -0.2) is 4.79 Å². The number of guanidine groups is 1. The maximum absolute atomic E-state index is 11.2. The maximum atomic E-state index is 11.2. The first-order valence-corrected chi connectivity index (χ1v) is 9.05. The zero-order valence-electron chi connectivity index (χ0n) is 16.4. The average Bonchev–Trinajstić information content (AvgIpc) is 2.68. The number of benzene rings is 1. The number of ether oxygens (including phenoxy) is 2. The van der Waals surface area contributed by atoms with Crippen LogP contribution in [0.2, 0.25) is 0 Å². The van der Waals surface area contributed by atoms with E-state index in [1.54, 1.807) is 7.05 Å². The van der Waals surface area contributed by atoms with Gasteiger partial charge in [-0.15, -0.1) is 24.0 Å². The summed E-state index contributed by atoms with van der Waals surface area (Å²) >= 11 is 0. The lowest BCUT2D eigenvalue weighted by Crippen LogP contribution is -2.39. The van der Waals surface area contributed by atoms with E-state index in [9.17, 15) is 4.79 Å². The van der Waals surface area contributed by atoms with Crippen LogP contribution in [0, 0.1) is 5.92 Å². The monoisotopic (exact) mass is 490 g/mol. The van der Waals surface area contributed by atoms with Crippen molar-refractivity contribution in [2.75, 3.05) is 46.3 Å². The highest BCUT2D eigenvalue weighted by Gasteiger charge is 2.15. The Labute approximate surface area is 178 Å². The molecule has 1 aromatic rings. The summed E-state index contributed by atoms with van der Waals surface area (Å²) in [4.78, 5) is 17.7. The van der Waals surface area contributed by atoms with Gasteiger partial charge in [-0.05, 0) is 42.9 Å². The van der Waals surface area contributed by atoms with Crippen LogP contribution in [0.1, 0.15) is 24.8 Å². The number of rotatable bonds is 6. The summed E-state index contributed by atoms with van der Waals surface area (Å²) in [5.41, 5.74) is 1.82.